The predicted molar refractivity (Wildman–Crippen MR) is 69.4 cm³/mol. The summed E-state index contributed by atoms with van der Waals surface area (Å²) >= 11 is 1.80. The van der Waals surface area contributed by atoms with Gasteiger partial charge in [0.25, 0.3) is 0 Å². The molecule has 3 heteroatoms. The largest absolute Gasteiger partial charge is 0.320 e. The molecule has 1 aromatic rings. The highest BCUT2D eigenvalue weighted by Gasteiger charge is 2.20. The Kier molecular flexibility index (Phi) is 4.00. The van der Waals surface area contributed by atoms with Crippen molar-refractivity contribution in [2.24, 2.45) is 5.73 Å². The minimum atomic E-state index is 0.439. The molecule has 86 valence electrons. The number of likely N-dealkylation sites (tertiary alicyclic amines) is 1. The summed E-state index contributed by atoms with van der Waals surface area (Å²) in [5.41, 5.74) is 6.46. The topological polar surface area (TPSA) is 29.3 Å². The van der Waals surface area contributed by atoms with Gasteiger partial charge in [-0.2, -0.15) is 0 Å². The van der Waals surface area contributed by atoms with Gasteiger partial charge in [-0.15, -0.1) is 11.3 Å². The molecule has 0 bridgehead atoms. The van der Waals surface area contributed by atoms with Crippen molar-refractivity contribution in [2.45, 2.75) is 32.4 Å². The van der Waals surface area contributed by atoms with Crippen LogP contribution in [-0.4, -0.2) is 24.0 Å². The van der Waals surface area contributed by atoms with E-state index in [9.17, 15) is 0 Å². The van der Waals surface area contributed by atoms with Gasteiger partial charge >= 0.3 is 0 Å². The number of hydrogen-bond donors (Lipinski definition) is 1. The van der Waals surface area contributed by atoms with Crippen LogP contribution in [0.5, 0.6) is 0 Å². The van der Waals surface area contributed by atoms with Gasteiger partial charge in [-0.1, -0.05) is 11.8 Å². The fraction of sp³-hybridized carbons (Fsp3) is 0.538. The summed E-state index contributed by atoms with van der Waals surface area (Å²) in [5, 5.41) is 2.12. The lowest BCUT2D eigenvalue weighted by Gasteiger charge is -2.19. The summed E-state index contributed by atoms with van der Waals surface area (Å²) < 4.78 is 0. The van der Waals surface area contributed by atoms with Crippen LogP contribution in [0.2, 0.25) is 0 Å². The summed E-state index contributed by atoms with van der Waals surface area (Å²) in [4.78, 5) is 3.96. The van der Waals surface area contributed by atoms with Crippen molar-refractivity contribution in [3.63, 3.8) is 0 Å². The highest BCUT2D eigenvalue weighted by molar-refractivity contribution is 7.10. The van der Waals surface area contributed by atoms with Crippen molar-refractivity contribution in [3.8, 4) is 11.8 Å². The summed E-state index contributed by atoms with van der Waals surface area (Å²) in [7, 11) is 0. The summed E-state index contributed by atoms with van der Waals surface area (Å²) in [5.74, 6) is 5.97. The van der Waals surface area contributed by atoms with Crippen molar-refractivity contribution >= 4 is 11.3 Å². The zero-order valence-electron chi connectivity index (χ0n) is 9.70. The quantitative estimate of drug-likeness (QED) is 0.794. The van der Waals surface area contributed by atoms with Crippen LogP contribution in [-0.2, 0) is 6.54 Å². The minimum Gasteiger partial charge on any atom is -0.320 e. The van der Waals surface area contributed by atoms with Gasteiger partial charge in [0.05, 0.1) is 6.54 Å². The molecule has 2 heterocycles. The van der Waals surface area contributed by atoms with E-state index in [0.29, 0.717) is 6.54 Å². The zero-order valence-corrected chi connectivity index (χ0v) is 10.5. The van der Waals surface area contributed by atoms with Crippen molar-refractivity contribution < 1.29 is 0 Å². The molecule has 0 radical (unpaired) electrons. The van der Waals surface area contributed by atoms with Crippen LogP contribution in [0, 0.1) is 11.8 Å². The Morgan fingerprint density at radius 1 is 1.62 bits per heavy atom. The molecule has 0 aromatic carbocycles. The molecule has 1 unspecified atom stereocenters. The van der Waals surface area contributed by atoms with Crippen LogP contribution >= 0.6 is 11.3 Å². The van der Waals surface area contributed by atoms with Crippen LogP contribution in [0.1, 0.15) is 30.2 Å². The number of hydrogen-bond acceptors (Lipinski definition) is 3. The van der Waals surface area contributed by atoms with E-state index < -0.39 is 0 Å². The maximum atomic E-state index is 5.35. The van der Waals surface area contributed by atoms with Crippen molar-refractivity contribution in [3.05, 3.63) is 21.9 Å². The fourth-order valence-corrected chi connectivity index (χ4v) is 2.95. The molecule has 0 amide bonds. The second-order valence-electron chi connectivity index (χ2n) is 4.27. The molecule has 2 rings (SSSR count). The molecule has 1 aromatic heterocycles. The van der Waals surface area contributed by atoms with Gasteiger partial charge in [0.2, 0.25) is 0 Å². The van der Waals surface area contributed by atoms with Crippen molar-refractivity contribution in [1.29, 1.82) is 0 Å². The van der Waals surface area contributed by atoms with Crippen LogP contribution in [0.15, 0.2) is 11.4 Å². The first-order valence-electron chi connectivity index (χ1n) is 5.80. The molecular formula is C13H18N2S. The molecule has 1 atom stereocenters. The first-order chi connectivity index (χ1) is 7.79. The van der Waals surface area contributed by atoms with E-state index in [1.54, 1.807) is 11.3 Å². The van der Waals surface area contributed by atoms with E-state index in [0.717, 1.165) is 18.2 Å². The molecule has 2 nitrogen and oxygen atoms in total. The average molecular weight is 234 g/mol. The lowest BCUT2D eigenvalue weighted by Crippen LogP contribution is -2.25. The van der Waals surface area contributed by atoms with Crippen molar-refractivity contribution in [2.75, 3.05) is 13.1 Å². The predicted octanol–water partition coefficient (Wildman–Crippen LogP) is 2.04. The van der Waals surface area contributed by atoms with Crippen molar-refractivity contribution in [1.82, 2.24) is 4.90 Å². The number of thiophene rings is 1. The molecule has 1 aliphatic rings. The van der Waals surface area contributed by atoms with E-state index in [-0.39, 0.29) is 0 Å². The molecule has 1 fully saturated rings. The maximum absolute atomic E-state index is 5.35. The monoisotopic (exact) mass is 234 g/mol. The summed E-state index contributed by atoms with van der Waals surface area (Å²) in [6.45, 7) is 5.07. The number of rotatable bonds is 2. The third-order valence-corrected chi connectivity index (χ3v) is 3.96. The molecule has 2 N–H and O–H groups in total. The van der Waals surface area contributed by atoms with E-state index in [1.165, 1.54) is 24.3 Å². The zero-order chi connectivity index (χ0) is 11.4. The lowest BCUT2D eigenvalue weighted by molar-refractivity contribution is 0.262. The molecule has 16 heavy (non-hydrogen) atoms. The summed E-state index contributed by atoms with van der Waals surface area (Å²) in [6.07, 6.45) is 2.68. The van der Waals surface area contributed by atoms with Gasteiger partial charge in [-0.25, -0.2) is 0 Å². The van der Waals surface area contributed by atoms with E-state index in [2.05, 4.69) is 35.1 Å². The minimum absolute atomic E-state index is 0.439. The Labute approximate surface area is 101 Å². The normalized spacial score (nSPS) is 20.8. The van der Waals surface area contributed by atoms with Gasteiger partial charge < -0.3 is 5.73 Å². The van der Waals surface area contributed by atoms with Crippen LogP contribution in [0.25, 0.3) is 0 Å². The van der Waals surface area contributed by atoms with Gasteiger partial charge in [0, 0.05) is 28.4 Å². The third-order valence-electron chi connectivity index (χ3n) is 3.04. The Hall–Kier alpha value is -0.820. The Bertz CT molecular complexity index is 400. The molecular weight excluding hydrogens is 216 g/mol. The maximum Gasteiger partial charge on any atom is 0.0555 e. The van der Waals surface area contributed by atoms with Crippen LogP contribution in [0.3, 0.4) is 0 Å². The Morgan fingerprint density at radius 2 is 2.50 bits per heavy atom. The molecule has 1 aliphatic heterocycles. The molecule has 1 saturated heterocycles. The number of nitrogens with zero attached hydrogens (tertiary/aromatic N) is 1. The van der Waals surface area contributed by atoms with Gasteiger partial charge in [0.15, 0.2) is 0 Å². The highest BCUT2D eigenvalue weighted by atomic mass is 32.1. The fourth-order valence-electron chi connectivity index (χ4n) is 2.11. The highest BCUT2D eigenvalue weighted by Crippen LogP contribution is 2.22. The lowest BCUT2D eigenvalue weighted by atomic mass is 10.2. The third kappa shape index (κ3) is 2.85. The standard InChI is InChI=1S/C13H18N2S/c1-11-4-3-7-15(11)9-13-8-12(10-16-13)5-2-6-14/h8,10-11H,3-4,6-7,9,14H2,1H3. The van der Waals surface area contributed by atoms with Crippen LogP contribution < -0.4 is 5.73 Å². The molecule has 0 aliphatic carbocycles. The van der Waals surface area contributed by atoms with E-state index in [1.807, 2.05) is 0 Å². The molecule has 0 spiro atoms. The summed E-state index contributed by atoms with van der Waals surface area (Å²) in [6, 6.07) is 2.93. The average Bonchev–Trinajstić information content (AvgIpc) is 2.87. The Morgan fingerprint density at radius 3 is 3.19 bits per heavy atom. The SMILES string of the molecule is CC1CCCN1Cc1cc(C#CCN)cs1. The Balaban J connectivity index is 1.97. The second-order valence-corrected chi connectivity index (χ2v) is 5.27. The van der Waals surface area contributed by atoms with Crippen LogP contribution in [0.4, 0.5) is 0 Å². The van der Waals surface area contributed by atoms with Gasteiger partial charge in [-0.3, -0.25) is 4.90 Å². The van der Waals surface area contributed by atoms with E-state index >= 15 is 0 Å². The second kappa shape index (κ2) is 5.49. The van der Waals surface area contributed by atoms with E-state index in [4.69, 9.17) is 5.73 Å². The smallest absolute Gasteiger partial charge is 0.0555 e. The number of nitrogens with two attached hydrogens (primary N) is 1. The van der Waals surface area contributed by atoms with Gasteiger partial charge in [-0.05, 0) is 32.4 Å². The first-order valence-corrected chi connectivity index (χ1v) is 6.68. The van der Waals surface area contributed by atoms with Gasteiger partial charge in [0.1, 0.15) is 0 Å². The molecule has 0 saturated carbocycles. The first kappa shape index (κ1) is 11.7.